The van der Waals surface area contributed by atoms with Crippen molar-refractivity contribution in [3.05, 3.63) is 34.9 Å². The summed E-state index contributed by atoms with van der Waals surface area (Å²) >= 11 is 6.06. The summed E-state index contributed by atoms with van der Waals surface area (Å²) in [4.78, 5) is 12.6. The van der Waals surface area contributed by atoms with Crippen molar-refractivity contribution in [2.45, 2.75) is 38.6 Å². The molecule has 1 saturated carbocycles. The van der Waals surface area contributed by atoms with E-state index in [1.165, 1.54) is 0 Å². The van der Waals surface area contributed by atoms with Crippen LogP contribution in [0.5, 0.6) is 0 Å². The molecule has 1 aromatic rings. The maximum Gasteiger partial charge on any atom is 0.224 e. The number of rotatable bonds is 3. The third-order valence-electron chi connectivity index (χ3n) is 5.09. The molecule has 1 aliphatic carbocycles. The predicted octanol–water partition coefficient (Wildman–Crippen LogP) is 3.50. The Bertz CT molecular complexity index is 553. The first-order valence-electron chi connectivity index (χ1n) is 7.72. The Kier molecular flexibility index (Phi) is 5.10. The summed E-state index contributed by atoms with van der Waals surface area (Å²) in [7, 11) is 0. The molecule has 1 saturated heterocycles. The molecular weight excluding hydrogens is 319 g/mol. The first-order valence-corrected chi connectivity index (χ1v) is 8.10. The van der Waals surface area contributed by atoms with E-state index in [1.807, 2.05) is 38.1 Å². The molecule has 0 radical (unpaired) electrons. The van der Waals surface area contributed by atoms with E-state index < -0.39 is 5.54 Å². The third kappa shape index (κ3) is 3.42. The summed E-state index contributed by atoms with van der Waals surface area (Å²) < 4.78 is 0. The van der Waals surface area contributed by atoms with Crippen LogP contribution in [0.2, 0.25) is 5.02 Å². The van der Waals surface area contributed by atoms with Crippen LogP contribution in [0.25, 0.3) is 0 Å². The molecule has 1 atom stereocenters. The highest BCUT2D eigenvalue weighted by Crippen LogP contribution is 2.58. The lowest BCUT2D eigenvalue weighted by Crippen LogP contribution is -2.43. The number of hydrogen-bond donors (Lipinski definition) is 2. The summed E-state index contributed by atoms with van der Waals surface area (Å²) in [6, 6.07) is 7.72. The highest BCUT2D eigenvalue weighted by atomic mass is 35.5. The number of benzene rings is 1. The average molecular weight is 343 g/mol. The summed E-state index contributed by atoms with van der Waals surface area (Å²) in [5, 5.41) is 7.29. The normalized spacial score (nSPS) is 22.8. The number of hydrogen-bond acceptors (Lipinski definition) is 2. The van der Waals surface area contributed by atoms with Crippen LogP contribution < -0.4 is 10.6 Å². The Morgan fingerprint density at radius 3 is 2.68 bits per heavy atom. The second-order valence-corrected chi connectivity index (χ2v) is 7.43. The molecule has 122 valence electrons. The Hall–Kier alpha value is -0.770. The van der Waals surface area contributed by atoms with Gasteiger partial charge in [-0.2, -0.15) is 0 Å². The van der Waals surface area contributed by atoms with Crippen molar-refractivity contribution in [3.8, 4) is 0 Å². The molecule has 22 heavy (non-hydrogen) atoms. The molecule has 1 aromatic carbocycles. The van der Waals surface area contributed by atoms with E-state index in [1.54, 1.807) is 0 Å². The lowest BCUT2D eigenvalue weighted by Gasteiger charge is -2.29. The molecule has 0 aromatic heterocycles. The summed E-state index contributed by atoms with van der Waals surface area (Å²) in [5.74, 6) is 0.389. The fourth-order valence-corrected chi connectivity index (χ4v) is 3.73. The number of halogens is 2. The minimum atomic E-state index is -0.390. The Labute approximate surface area is 143 Å². The molecule has 2 aliphatic rings. The molecule has 1 aliphatic heterocycles. The second kappa shape index (κ2) is 6.38. The number of piperidine rings is 1. The van der Waals surface area contributed by atoms with Crippen LogP contribution in [0.1, 0.15) is 38.7 Å². The van der Waals surface area contributed by atoms with Crippen LogP contribution >= 0.6 is 24.0 Å². The zero-order chi connectivity index (χ0) is 15.1. The molecule has 1 amide bonds. The van der Waals surface area contributed by atoms with Crippen molar-refractivity contribution < 1.29 is 4.79 Å². The number of nitrogens with one attached hydrogen (secondary N) is 2. The van der Waals surface area contributed by atoms with Crippen molar-refractivity contribution in [1.82, 2.24) is 10.6 Å². The third-order valence-corrected chi connectivity index (χ3v) is 5.32. The van der Waals surface area contributed by atoms with Gasteiger partial charge in [-0.25, -0.2) is 0 Å². The molecule has 2 N–H and O–H groups in total. The topological polar surface area (TPSA) is 41.1 Å². The van der Waals surface area contributed by atoms with Crippen molar-refractivity contribution in [2.75, 3.05) is 13.1 Å². The summed E-state index contributed by atoms with van der Waals surface area (Å²) in [6.07, 6.45) is 3.30. The quantitative estimate of drug-likeness (QED) is 0.882. The highest BCUT2D eigenvalue weighted by molar-refractivity contribution is 6.30. The predicted molar refractivity (Wildman–Crippen MR) is 92.5 cm³/mol. The smallest absolute Gasteiger partial charge is 0.224 e. The van der Waals surface area contributed by atoms with E-state index in [2.05, 4.69) is 10.6 Å². The Morgan fingerprint density at radius 2 is 2.05 bits per heavy atom. The van der Waals surface area contributed by atoms with Crippen LogP contribution in [0, 0.1) is 11.3 Å². The molecule has 3 rings (SSSR count). The van der Waals surface area contributed by atoms with E-state index in [0.29, 0.717) is 5.02 Å². The lowest BCUT2D eigenvalue weighted by atomic mass is 9.90. The molecule has 0 bridgehead atoms. The van der Waals surface area contributed by atoms with Gasteiger partial charge >= 0.3 is 0 Å². The zero-order valence-electron chi connectivity index (χ0n) is 13.1. The van der Waals surface area contributed by atoms with Crippen molar-refractivity contribution in [1.29, 1.82) is 0 Å². The van der Waals surface area contributed by atoms with Crippen molar-refractivity contribution in [2.24, 2.45) is 11.3 Å². The van der Waals surface area contributed by atoms with Crippen molar-refractivity contribution in [3.63, 3.8) is 0 Å². The maximum atomic E-state index is 12.6. The molecule has 3 nitrogen and oxygen atoms in total. The van der Waals surface area contributed by atoms with Gasteiger partial charge in [0, 0.05) is 10.9 Å². The van der Waals surface area contributed by atoms with Crippen LogP contribution in [0.15, 0.2) is 24.3 Å². The fourth-order valence-electron chi connectivity index (χ4n) is 3.54. The fraction of sp³-hybridized carbons (Fsp3) is 0.588. The summed E-state index contributed by atoms with van der Waals surface area (Å²) in [6.45, 7) is 6.16. The molecule has 2 fully saturated rings. The molecule has 1 unspecified atom stereocenters. The van der Waals surface area contributed by atoms with Crippen molar-refractivity contribution >= 4 is 29.9 Å². The van der Waals surface area contributed by atoms with Gasteiger partial charge in [0.05, 0.1) is 5.54 Å². The monoisotopic (exact) mass is 342 g/mol. The van der Waals surface area contributed by atoms with E-state index in [9.17, 15) is 4.79 Å². The SMILES string of the molecule is CC(C)(NC(=O)C1CC12CCNCC2)c1cccc(Cl)c1.Cl. The summed E-state index contributed by atoms with van der Waals surface area (Å²) in [5.41, 5.74) is 0.932. The second-order valence-electron chi connectivity index (χ2n) is 6.99. The van der Waals surface area contributed by atoms with Gasteiger partial charge in [-0.05, 0) is 69.3 Å². The van der Waals surface area contributed by atoms with Crippen LogP contribution in [-0.4, -0.2) is 19.0 Å². The minimum absolute atomic E-state index is 0. The number of amides is 1. The standard InChI is InChI=1S/C17H23ClN2O.ClH/c1-16(2,12-4-3-5-13(18)10-12)20-15(21)14-11-17(14)6-8-19-9-7-17;/h3-5,10,14,19H,6-9,11H2,1-2H3,(H,20,21);1H. The van der Waals surface area contributed by atoms with E-state index >= 15 is 0 Å². The van der Waals surface area contributed by atoms with Gasteiger partial charge in [0.15, 0.2) is 0 Å². The van der Waals surface area contributed by atoms with Gasteiger partial charge in [0.25, 0.3) is 0 Å². The largest absolute Gasteiger partial charge is 0.347 e. The van der Waals surface area contributed by atoms with Crippen LogP contribution in [-0.2, 0) is 10.3 Å². The average Bonchev–Trinajstić information content (AvgIpc) is 3.13. The first kappa shape index (κ1) is 17.6. The van der Waals surface area contributed by atoms with E-state index in [0.717, 1.165) is 37.9 Å². The van der Waals surface area contributed by atoms with Gasteiger partial charge in [0.2, 0.25) is 5.91 Å². The molecule has 5 heteroatoms. The minimum Gasteiger partial charge on any atom is -0.347 e. The molecule has 1 heterocycles. The zero-order valence-corrected chi connectivity index (χ0v) is 14.7. The van der Waals surface area contributed by atoms with E-state index in [4.69, 9.17) is 11.6 Å². The van der Waals surface area contributed by atoms with Gasteiger partial charge in [0.1, 0.15) is 0 Å². The Morgan fingerprint density at radius 1 is 1.36 bits per heavy atom. The first-order chi connectivity index (χ1) is 9.93. The molecular formula is C17H24Cl2N2O. The van der Waals surface area contributed by atoms with Crippen LogP contribution in [0.3, 0.4) is 0 Å². The van der Waals surface area contributed by atoms with Gasteiger partial charge < -0.3 is 10.6 Å². The van der Waals surface area contributed by atoms with Gasteiger partial charge in [-0.15, -0.1) is 12.4 Å². The Balaban J connectivity index is 0.00000176. The number of carbonyl (C=O) groups is 1. The molecule has 1 spiro atoms. The van der Waals surface area contributed by atoms with Crippen LogP contribution in [0.4, 0.5) is 0 Å². The maximum absolute atomic E-state index is 12.6. The number of carbonyl (C=O) groups excluding carboxylic acids is 1. The van der Waals surface area contributed by atoms with Gasteiger partial charge in [-0.3, -0.25) is 4.79 Å². The van der Waals surface area contributed by atoms with Gasteiger partial charge in [-0.1, -0.05) is 23.7 Å². The highest BCUT2D eigenvalue weighted by Gasteiger charge is 2.58. The van der Waals surface area contributed by atoms with E-state index in [-0.39, 0.29) is 29.6 Å². The lowest BCUT2D eigenvalue weighted by molar-refractivity contribution is -0.125.